The quantitative estimate of drug-likeness (QED) is 0.865. The molecule has 0 aliphatic heterocycles. The SMILES string of the molecule is CCNCc1ccc(OCc2ccc(C)cc2)cc1.Cl. The van der Waals surface area contributed by atoms with Crippen LogP contribution in [0.25, 0.3) is 0 Å². The van der Waals surface area contributed by atoms with Crippen LogP contribution in [-0.2, 0) is 13.2 Å². The first-order valence-corrected chi connectivity index (χ1v) is 6.76. The Hall–Kier alpha value is -1.51. The lowest BCUT2D eigenvalue weighted by atomic mass is 10.2. The molecule has 0 radical (unpaired) electrons. The number of aryl methyl sites for hydroxylation is 1. The van der Waals surface area contributed by atoms with E-state index in [2.05, 4.69) is 55.6 Å². The summed E-state index contributed by atoms with van der Waals surface area (Å²) in [5.41, 5.74) is 3.75. The predicted molar refractivity (Wildman–Crippen MR) is 86.6 cm³/mol. The molecule has 0 saturated heterocycles. The van der Waals surface area contributed by atoms with Crippen molar-refractivity contribution in [3.05, 3.63) is 65.2 Å². The average molecular weight is 292 g/mol. The highest BCUT2D eigenvalue weighted by molar-refractivity contribution is 5.85. The molecule has 2 nitrogen and oxygen atoms in total. The zero-order valence-corrected chi connectivity index (χ0v) is 12.9. The van der Waals surface area contributed by atoms with Crippen molar-refractivity contribution in [2.24, 2.45) is 0 Å². The fraction of sp³-hybridized carbons (Fsp3) is 0.294. The Kier molecular flexibility index (Phi) is 7.13. The van der Waals surface area contributed by atoms with Crippen LogP contribution in [0.2, 0.25) is 0 Å². The number of benzene rings is 2. The van der Waals surface area contributed by atoms with Gasteiger partial charge in [0.1, 0.15) is 12.4 Å². The fourth-order valence-electron chi connectivity index (χ4n) is 1.82. The van der Waals surface area contributed by atoms with Gasteiger partial charge in [-0.25, -0.2) is 0 Å². The molecule has 0 saturated carbocycles. The summed E-state index contributed by atoms with van der Waals surface area (Å²) in [4.78, 5) is 0. The van der Waals surface area contributed by atoms with E-state index in [4.69, 9.17) is 4.74 Å². The van der Waals surface area contributed by atoms with Crippen molar-refractivity contribution in [1.82, 2.24) is 5.32 Å². The first-order chi connectivity index (χ1) is 9.28. The number of halogens is 1. The van der Waals surface area contributed by atoms with Crippen molar-refractivity contribution in [2.75, 3.05) is 6.54 Å². The first kappa shape index (κ1) is 16.5. The van der Waals surface area contributed by atoms with Gasteiger partial charge in [0.2, 0.25) is 0 Å². The summed E-state index contributed by atoms with van der Waals surface area (Å²) in [5.74, 6) is 0.917. The summed E-state index contributed by atoms with van der Waals surface area (Å²) in [5, 5.41) is 3.31. The summed E-state index contributed by atoms with van der Waals surface area (Å²) >= 11 is 0. The van der Waals surface area contributed by atoms with Crippen LogP contribution in [0.4, 0.5) is 0 Å². The molecule has 20 heavy (non-hydrogen) atoms. The third kappa shape index (κ3) is 5.24. The van der Waals surface area contributed by atoms with Crippen molar-refractivity contribution in [2.45, 2.75) is 27.0 Å². The molecule has 2 aromatic rings. The minimum Gasteiger partial charge on any atom is -0.489 e. The molecule has 2 aromatic carbocycles. The van der Waals surface area contributed by atoms with Gasteiger partial charge in [0.05, 0.1) is 0 Å². The van der Waals surface area contributed by atoms with Crippen LogP contribution in [-0.4, -0.2) is 6.54 Å². The van der Waals surface area contributed by atoms with Crippen LogP contribution in [0, 0.1) is 6.92 Å². The van der Waals surface area contributed by atoms with E-state index < -0.39 is 0 Å². The van der Waals surface area contributed by atoms with E-state index in [9.17, 15) is 0 Å². The predicted octanol–water partition coefficient (Wildman–Crippen LogP) is 4.11. The molecule has 1 N–H and O–H groups in total. The molecule has 3 heteroatoms. The van der Waals surface area contributed by atoms with Crippen molar-refractivity contribution < 1.29 is 4.74 Å². The highest BCUT2D eigenvalue weighted by Crippen LogP contribution is 2.14. The molecule has 0 bridgehead atoms. The van der Waals surface area contributed by atoms with Crippen molar-refractivity contribution in [3.8, 4) is 5.75 Å². The van der Waals surface area contributed by atoms with Crippen LogP contribution < -0.4 is 10.1 Å². The van der Waals surface area contributed by atoms with Crippen LogP contribution in [0.1, 0.15) is 23.6 Å². The lowest BCUT2D eigenvalue weighted by Crippen LogP contribution is -2.11. The van der Waals surface area contributed by atoms with Gasteiger partial charge in [-0.1, -0.05) is 48.9 Å². The normalized spacial score (nSPS) is 9.90. The highest BCUT2D eigenvalue weighted by Gasteiger charge is 1.97. The number of hydrogen-bond acceptors (Lipinski definition) is 2. The average Bonchev–Trinajstić information content (AvgIpc) is 2.46. The van der Waals surface area contributed by atoms with Gasteiger partial charge in [0.15, 0.2) is 0 Å². The molecule has 108 valence electrons. The van der Waals surface area contributed by atoms with Crippen LogP contribution in [0.5, 0.6) is 5.75 Å². The Balaban J connectivity index is 0.00000200. The minimum atomic E-state index is 0. The summed E-state index contributed by atoms with van der Waals surface area (Å²) in [6, 6.07) is 16.7. The maximum atomic E-state index is 5.77. The highest BCUT2D eigenvalue weighted by atomic mass is 35.5. The summed E-state index contributed by atoms with van der Waals surface area (Å²) < 4.78 is 5.77. The zero-order chi connectivity index (χ0) is 13.5. The number of rotatable bonds is 6. The van der Waals surface area contributed by atoms with Crippen molar-refractivity contribution in [1.29, 1.82) is 0 Å². The van der Waals surface area contributed by atoms with Gasteiger partial charge in [0.25, 0.3) is 0 Å². The summed E-state index contributed by atoms with van der Waals surface area (Å²) in [6.45, 7) is 6.72. The molecule has 0 aliphatic carbocycles. The lowest BCUT2D eigenvalue weighted by molar-refractivity contribution is 0.306. The molecular weight excluding hydrogens is 270 g/mol. The molecule has 0 unspecified atom stereocenters. The number of ether oxygens (including phenoxy) is 1. The molecule has 0 atom stereocenters. The third-order valence-electron chi connectivity index (χ3n) is 3.03. The standard InChI is InChI=1S/C17H21NO.ClH/c1-3-18-12-15-8-10-17(11-9-15)19-13-16-6-4-14(2)5-7-16;/h4-11,18H,3,12-13H2,1-2H3;1H. The lowest BCUT2D eigenvalue weighted by Gasteiger charge is -2.08. The van der Waals surface area contributed by atoms with E-state index in [0.29, 0.717) is 6.61 Å². The van der Waals surface area contributed by atoms with Crippen molar-refractivity contribution in [3.63, 3.8) is 0 Å². The van der Waals surface area contributed by atoms with E-state index in [1.54, 1.807) is 0 Å². The monoisotopic (exact) mass is 291 g/mol. The Labute approximate surface area is 127 Å². The second-order valence-electron chi connectivity index (χ2n) is 4.70. The molecule has 0 amide bonds. The van der Waals surface area contributed by atoms with Gasteiger partial charge in [-0.2, -0.15) is 0 Å². The van der Waals surface area contributed by atoms with Gasteiger partial charge >= 0.3 is 0 Å². The molecule has 0 fully saturated rings. The Morgan fingerprint density at radius 1 is 0.900 bits per heavy atom. The zero-order valence-electron chi connectivity index (χ0n) is 12.1. The smallest absolute Gasteiger partial charge is 0.119 e. The molecular formula is C17H22ClNO. The summed E-state index contributed by atoms with van der Waals surface area (Å²) in [6.07, 6.45) is 0. The van der Waals surface area contributed by atoms with Gasteiger partial charge in [0, 0.05) is 6.54 Å². The second-order valence-corrected chi connectivity index (χ2v) is 4.70. The third-order valence-corrected chi connectivity index (χ3v) is 3.03. The van der Waals surface area contributed by atoms with E-state index in [-0.39, 0.29) is 12.4 Å². The Bertz CT molecular complexity index is 493. The maximum absolute atomic E-state index is 5.77. The molecule has 0 heterocycles. The van der Waals surface area contributed by atoms with Gasteiger partial charge in [-0.3, -0.25) is 0 Å². The minimum absolute atomic E-state index is 0. The van der Waals surface area contributed by atoms with Crippen LogP contribution in [0.15, 0.2) is 48.5 Å². The first-order valence-electron chi connectivity index (χ1n) is 6.76. The fourth-order valence-corrected chi connectivity index (χ4v) is 1.82. The maximum Gasteiger partial charge on any atom is 0.119 e. The van der Waals surface area contributed by atoms with Crippen LogP contribution in [0.3, 0.4) is 0 Å². The van der Waals surface area contributed by atoms with Gasteiger partial charge < -0.3 is 10.1 Å². The molecule has 0 spiro atoms. The van der Waals surface area contributed by atoms with Crippen molar-refractivity contribution >= 4 is 12.4 Å². The number of hydrogen-bond donors (Lipinski definition) is 1. The topological polar surface area (TPSA) is 21.3 Å². The number of nitrogens with one attached hydrogen (secondary N) is 1. The van der Waals surface area contributed by atoms with Gasteiger partial charge in [-0.15, -0.1) is 12.4 Å². The molecule has 0 aliphatic rings. The molecule has 2 rings (SSSR count). The Morgan fingerprint density at radius 3 is 2.10 bits per heavy atom. The van der Waals surface area contributed by atoms with Crippen LogP contribution >= 0.6 is 12.4 Å². The largest absolute Gasteiger partial charge is 0.489 e. The van der Waals surface area contributed by atoms with E-state index >= 15 is 0 Å². The summed E-state index contributed by atoms with van der Waals surface area (Å²) in [7, 11) is 0. The van der Waals surface area contributed by atoms with E-state index in [1.165, 1.54) is 16.7 Å². The Morgan fingerprint density at radius 2 is 1.50 bits per heavy atom. The van der Waals surface area contributed by atoms with E-state index in [0.717, 1.165) is 18.8 Å². The van der Waals surface area contributed by atoms with Gasteiger partial charge in [-0.05, 0) is 36.7 Å². The van der Waals surface area contributed by atoms with E-state index in [1.807, 2.05) is 12.1 Å². The molecule has 0 aromatic heterocycles. The second kappa shape index (κ2) is 8.62.